The lowest BCUT2D eigenvalue weighted by molar-refractivity contribution is 0.103. The van der Waals surface area contributed by atoms with Gasteiger partial charge in [0.15, 0.2) is 5.78 Å². The molecule has 0 amide bonds. The number of benzene rings is 1. The topological polar surface area (TPSA) is 30.0 Å². The molecule has 2 rings (SSSR count). The Hall–Kier alpha value is -1.81. The zero-order valence-corrected chi connectivity index (χ0v) is 10.1. The first-order valence-electron chi connectivity index (χ1n) is 5.11. The van der Waals surface area contributed by atoms with Gasteiger partial charge in [-0.1, -0.05) is 11.6 Å². The number of aryl methyl sites for hydroxylation is 1. The average Bonchev–Trinajstić information content (AvgIpc) is 2.34. The highest BCUT2D eigenvalue weighted by molar-refractivity contribution is 6.30. The highest BCUT2D eigenvalue weighted by Crippen LogP contribution is 2.21. The SMILES string of the molecule is Cc1ccc(C(=O)c2cc(F)c(Cl)cc2F)cn1. The molecule has 1 aromatic heterocycles. The van der Waals surface area contributed by atoms with E-state index in [1.807, 2.05) is 0 Å². The van der Waals surface area contributed by atoms with Gasteiger partial charge >= 0.3 is 0 Å². The molecule has 0 fully saturated rings. The van der Waals surface area contributed by atoms with Crippen molar-refractivity contribution in [2.45, 2.75) is 6.92 Å². The molecule has 0 saturated heterocycles. The minimum atomic E-state index is -0.855. The highest BCUT2D eigenvalue weighted by Gasteiger charge is 2.17. The van der Waals surface area contributed by atoms with Crippen LogP contribution in [0.15, 0.2) is 30.5 Å². The van der Waals surface area contributed by atoms with Crippen LogP contribution < -0.4 is 0 Å². The van der Waals surface area contributed by atoms with Gasteiger partial charge in [-0.3, -0.25) is 9.78 Å². The maximum Gasteiger partial charge on any atom is 0.197 e. The Balaban J connectivity index is 2.46. The van der Waals surface area contributed by atoms with Gasteiger partial charge < -0.3 is 0 Å². The molecule has 0 radical (unpaired) electrons. The molecule has 92 valence electrons. The third-order valence-corrected chi connectivity index (χ3v) is 2.72. The largest absolute Gasteiger partial charge is 0.288 e. The summed E-state index contributed by atoms with van der Waals surface area (Å²) >= 11 is 5.42. The van der Waals surface area contributed by atoms with Gasteiger partial charge in [-0.15, -0.1) is 0 Å². The van der Waals surface area contributed by atoms with E-state index >= 15 is 0 Å². The van der Waals surface area contributed by atoms with Crippen molar-refractivity contribution < 1.29 is 13.6 Å². The summed E-state index contributed by atoms with van der Waals surface area (Å²) in [6.45, 7) is 1.76. The van der Waals surface area contributed by atoms with E-state index in [4.69, 9.17) is 11.6 Å². The fraction of sp³-hybridized carbons (Fsp3) is 0.0769. The van der Waals surface area contributed by atoms with Gasteiger partial charge in [-0.25, -0.2) is 8.78 Å². The van der Waals surface area contributed by atoms with E-state index in [2.05, 4.69) is 4.98 Å². The smallest absolute Gasteiger partial charge is 0.197 e. The molecule has 0 unspecified atom stereocenters. The molecule has 1 heterocycles. The third kappa shape index (κ3) is 2.38. The number of carbonyl (C=O) groups is 1. The predicted octanol–water partition coefficient (Wildman–Crippen LogP) is 3.55. The molecule has 5 heteroatoms. The second-order valence-corrected chi connectivity index (χ2v) is 4.17. The molecule has 0 aliphatic rings. The van der Waals surface area contributed by atoms with E-state index < -0.39 is 17.4 Å². The van der Waals surface area contributed by atoms with Crippen LogP contribution in [-0.2, 0) is 0 Å². The molecular formula is C13H8ClF2NO. The van der Waals surface area contributed by atoms with Crippen LogP contribution in [0, 0.1) is 18.6 Å². The van der Waals surface area contributed by atoms with Crippen molar-refractivity contribution in [2.24, 2.45) is 0 Å². The lowest BCUT2D eigenvalue weighted by Gasteiger charge is -2.04. The van der Waals surface area contributed by atoms with Crippen molar-refractivity contribution in [3.05, 3.63) is 63.9 Å². The Kier molecular flexibility index (Phi) is 3.39. The Morgan fingerprint density at radius 1 is 1.22 bits per heavy atom. The first kappa shape index (κ1) is 12.6. The standard InChI is InChI=1S/C13H8ClF2NO/c1-7-2-3-8(6-17-7)13(18)9-4-12(16)10(14)5-11(9)15/h2-6H,1H3. The first-order valence-corrected chi connectivity index (χ1v) is 5.48. The Morgan fingerprint density at radius 2 is 1.94 bits per heavy atom. The van der Waals surface area contributed by atoms with Crippen LogP contribution in [0.2, 0.25) is 5.02 Å². The minimum absolute atomic E-state index is 0.196. The number of nitrogens with zero attached hydrogens (tertiary/aromatic N) is 1. The number of halogens is 3. The van der Waals surface area contributed by atoms with Crippen LogP contribution in [0.1, 0.15) is 21.6 Å². The molecule has 2 aromatic rings. The summed E-state index contributed by atoms with van der Waals surface area (Å²) in [5.41, 5.74) is 0.568. The number of hydrogen-bond donors (Lipinski definition) is 0. The third-order valence-electron chi connectivity index (χ3n) is 2.43. The van der Waals surface area contributed by atoms with E-state index in [9.17, 15) is 13.6 Å². The van der Waals surface area contributed by atoms with Crippen LogP contribution in [0.5, 0.6) is 0 Å². The summed E-state index contributed by atoms with van der Waals surface area (Å²) in [5.74, 6) is -2.32. The monoisotopic (exact) mass is 267 g/mol. The molecule has 2 nitrogen and oxygen atoms in total. The quantitative estimate of drug-likeness (QED) is 0.615. The van der Waals surface area contributed by atoms with Crippen LogP contribution in [0.25, 0.3) is 0 Å². The van der Waals surface area contributed by atoms with Crippen LogP contribution in [0.3, 0.4) is 0 Å². The van der Waals surface area contributed by atoms with E-state index in [-0.39, 0.29) is 16.1 Å². The second-order valence-electron chi connectivity index (χ2n) is 3.76. The van der Waals surface area contributed by atoms with Crippen molar-refractivity contribution in [1.29, 1.82) is 0 Å². The summed E-state index contributed by atoms with van der Waals surface area (Å²) in [4.78, 5) is 15.9. The fourth-order valence-electron chi connectivity index (χ4n) is 1.45. The Bertz CT molecular complexity index is 611. The molecule has 1 aromatic carbocycles. The summed E-state index contributed by atoms with van der Waals surface area (Å²) in [7, 11) is 0. The van der Waals surface area contributed by atoms with E-state index in [0.717, 1.165) is 17.8 Å². The van der Waals surface area contributed by atoms with Gasteiger partial charge in [-0.2, -0.15) is 0 Å². The number of ketones is 1. The zero-order valence-electron chi connectivity index (χ0n) is 9.38. The van der Waals surface area contributed by atoms with Crippen LogP contribution in [-0.4, -0.2) is 10.8 Å². The number of rotatable bonds is 2. The van der Waals surface area contributed by atoms with Crippen LogP contribution in [0.4, 0.5) is 8.78 Å². The van der Waals surface area contributed by atoms with Crippen molar-refractivity contribution in [1.82, 2.24) is 4.98 Å². The number of pyridine rings is 1. The van der Waals surface area contributed by atoms with Gasteiger partial charge in [0.05, 0.1) is 10.6 Å². The number of hydrogen-bond acceptors (Lipinski definition) is 2. The highest BCUT2D eigenvalue weighted by atomic mass is 35.5. The lowest BCUT2D eigenvalue weighted by Crippen LogP contribution is -2.06. The molecule has 18 heavy (non-hydrogen) atoms. The van der Waals surface area contributed by atoms with E-state index in [1.165, 1.54) is 12.3 Å². The molecule has 0 aliphatic heterocycles. The average molecular weight is 268 g/mol. The van der Waals surface area contributed by atoms with Crippen molar-refractivity contribution in [2.75, 3.05) is 0 Å². The molecule has 0 saturated carbocycles. The molecule has 0 spiro atoms. The zero-order chi connectivity index (χ0) is 13.3. The maximum atomic E-state index is 13.6. The van der Waals surface area contributed by atoms with Crippen molar-refractivity contribution >= 4 is 17.4 Å². The van der Waals surface area contributed by atoms with Crippen molar-refractivity contribution in [3.8, 4) is 0 Å². The minimum Gasteiger partial charge on any atom is -0.288 e. The van der Waals surface area contributed by atoms with Crippen molar-refractivity contribution in [3.63, 3.8) is 0 Å². The first-order chi connectivity index (χ1) is 8.49. The fourth-order valence-corrected chi connectivity index (χ4v) is 1.60. The second kappa shape index (κ2) is 4.82. The molecule has 0 aliphatic carbocycles. The summed E-state index contributed by atoms with van der Waals surface area (Å²) in [5, 5.41) is -0.355. The van der Waals surface area contributed by atoms with Gasteiger partial charge in [0.2, 0.25) is 0 Å². The predicted molar refractivity (Wildman–Crippen MR) is 63.8 cm³/mol. The Morgan fingerprint density at radius 3 is 2.56 bits per heavy atom. The normalized spacial score (nSPS) is 10.4. The summed E-state index contributed by atoms with van der Waals surface area (Å²) in [6, 6.07) is 4.71. The van der Waals surface area contributed by atoms with Gasteiger partial charge in [0.25, 0.3) is 0 Å². The van der Waals surface area contributed by atoms with E-state index in [1.54, 1.807) is 13.0 Å². The van der Waals surface area contributed by atoms with Crippen LogP contribution >= 0.6 is 11.6 Å². The van der Waals surface area contributed by atoms with Gasteiger partial charge in [-0.05, 0) is 31.2 Å². The van der Waals surface area contributed by atoms with Gasteiger partial charge in [0.1, 0.15) is 11.6 Å². The summed E-state index contributed by atoms with van der Waals surface area (Å²) in [6.07, 6.45) is 1.32. The molecular weight excluding hydrogens is 260 g/mol. The molecule has 0 atom stereocenters. The Labute approximate surface area is 107 Å². The molecule has 0 N–H and O–H groups in total. The molecule has 0 bridgehead atoms. The lowest BCUT2D eigenvalue weighted by atomic mass is 10.0. The number of carbonyl (C=O) groups excluding carboxylic acids is 1. The summed E-state index contributed by atoms with van der Waals surface area (Å²) < 4.78 is 26.8. The van der Waals surface area contributed by atoms with E-state index in [0.29, 0.717) is 0 Å². The van der Waals surface area contributed by atoms with Gasteiger partial charge in [0, 0.05) is 17.5 Å². The maximum absolute atomic E-state index is 13.6. The number of aromatic nitrogens is 1.